The fourth-order valence-electron chi connectivity index (χ4n) is 6.44. The zero-order valence-corrected chi connectivity index (χ0v) is 22.8. The van der Waals surface area contributed by atoms with Crippen LogP contribution in [0.25, 0.3) is 44.1 Å². The van der Waals surface area contributed by atoms with E-state index in [1.807, 2.05) is 0 Å². The quantitative estimate of drug-likeness (QED) is 0.242. The van der Waals surface area contributed by atoms with Gasteiger partial charge in [0.15, 0.2) is 0 Å². The van der Waals surface area contributed by atoms with E-state index in [1.54, 1.807) is 0 Å². The van der Waals surface area contributed by atoms with Crippen molar-refractivity contribution in [2.24, 2.45) is 0 Å². The number of benzene rings is 4. The molecule has 0 aliphatic heterocycles. The van der Waals surface area contributed by atoms with Crippen LogP contribution in [0, 0.1) is 20.8 Å². The third-order valence-corrected chi connectivity index (χ3v) is 8.93. The highest BCUT2D eigenvalue weighted by Gasteiger charge is 2.35. The summed E-state index contributed by atoms with van der Waals surface area (Å²) >= 11 is 0. The molecule has 0 saturated carbocycles. The predicted molar refractivity (Wildman–Crippen MR) is 156 cm³/mol. The van der Waals surface area contributed by atoms with Crippen molar-refractivity contribution in [3.8, 4) is 16.8 Å². The third-order valence-electron chi connectivity index (χ3n) is 8.93. The largest absolute Gasteiger partial charge is 0.313 e. The third kappa shape index (κ3) is 2.95. The van der Waals surface area contributed by atoms with E-state index in [1.165, 1.54) is 83.1 Å². The van der Waals surface area contributed by atoms with E-state index >= 15 is 0 Å². The van der Waals surface area contributed by atoms with Crippen molar-refractivity contribution in [3.63, 3.8) is 0 Å². The molecule has 4 aromatic carbocycles. The van der Waals surface area contributed by atoms with Crippen LogP contribution in [0.15, 0.2) is 72.3 Å². The van der Waals surface area contributed by atoms with Gasteiger partial charge in [0.2, 0.25) is 0 Å². The van der Waals surface area contributed by atoms with Crippen molar-refractivity contribution >= 4 is 27.2 Å². The van der Waals surface area contributed by atoms with Crippen LogP contribution < -0.4 is 0 Å². The summed E-state index contributed by atoms with van der Waals surface area (Å²) in [6.45, 7) is 18.2. The Hall–Kier alpha value is -3.58. The van der Waals surface area contributed by atoms with Gasteiger partial charge in [-0.15, -0.1) is 0 Å². The zero-order chi connectivity index (χ0) is 25.5. The fraction of sp³-hybridized carbons (Fsp3) is 0.257. The van der Waals surface area contributed by atoms with Gasteiger partial charge in [0.25, 0.3) is 0 Å². The molecule has 6 rings (SSSR count). The first kappa shape index (κ1) is 22.9. The lowest BCUT2D eigenvalue weighted by atomic mass is 9.82. The van der Waals surface area contributed by atoms with E-state index in [0.717, 1.165) is 0 Å². The number of hydrogen-bond donors (Lipinski definition) is 0. The Morgan fingerprint density at radius 2 is 1.33 bits per heavy atom. The minimum Gasteiger partial charge on any atom is -0.313 e. The Bertz CT molecular complexity index is 1750. The molecule has 0 amide bonds. The summed E-state index contributed by atoms with van der Waals surface area (Å²) in [5.41, 5.74) is 16.3. The summed E-state index contributed by atoms with van der Waals surface area (Å²) < 4.78 is 2.50. The van der Waals surface area contributed by atoms with Gasteiger partial charge in [-0.25, -0.2) is 0 Å². The number of aryl methyl sites for hydroxylation is 2. The lowest BCUT2D eigenvalue weighted by molar-refractivity contribution is 0.659. The fourth-order valence-corrected chi connectivity index (χ4v) is 6.44. The molecule has 0 bridgehead atoms. The lowest BCUT2D eigenvalue weighted by Crippen LogP contribution is -2.15. The van der Waals surface area contributed by atoms with Crippen LogP contribution >= 0.6 is 0 Å². The van der Waals surface area contributed by atoms with Crippen LogP contribution in [0.4, 0.5) is 0 Å². The Morgan fingerprint density at radius 3 is 2.08 bits per heavy atom. The minimum atomic E-state index is -0.0106. The molecule has 36 heavy (non-hydrogen) atoms. The van der Waals surface area contributed by atoms with Crippen molar-refractivity contribution < 1.29 is 0 Å². The summed E-state index contributed by atoms with van der Waals surface area (Å²) in [5.74, 6) is 0. The summed E-state index contributed by atoms with van der Waals surface area (Å²) in [4.78, 5) is 0. The Kier molecular flexibility index (Phi) is 4.89. The Balaban J connectivity index is 1.65. The minimum absolute atomic E-state index is 0.0106. The molecule has 1 aromatic heterocycles. The standard InChI is InChI=1S/C35H35N/c1-20(2)21(3)26-15-18-31-27(23(26)5)16-17-28-22(4)24(6)36(34(28)31)25-13-14-30-29-11-9-10-12-32(29)35(7,8)33(30)19-25/h9-19H,1-8H3. The number of nitrogens with zero attached hydrogens (tertiary/aromatic N) is 1. The van der Waals surface area contributed by atoms with E-state index in [0.29, 0.717) is 0 Å². The van der Waals surface area contributed by atoms with E-state index in [4.69, 9.17) is 0 Å². The van der Waals surface area contributed by atoms with Gasteiger partial charge in [0.05, 0.1) is 5.52 Å². The van der Waals surface area contributed by atoms with Gasteiger partial charge in [0, 0.05) is 27.6 Å². The van der Waals surface area contributed by atoms with Crippen LogP contribution in [0.5, 0.6) is 0 Å². The van der Waals surface area contributed by atoms with Crippen molar-refractivity contribution in [2.75, 3.05) is 0 Å². The highest BCUT2D eigenvalue weighted by Crippen LogP contribution is 2.49. The molecule has 1 aliphatic carbocycles. The summed E-state index contributed by atoms with van der Waals surface area (Å²) in [6.07, 6.45) is 0. The van der Waals surface area contributed by atoms with Crippen LogP contribution in [0.1, 0.15) is 68.1 Å². The number of fused-ring (bicyclic) bond motifs is 6. The van der Waals surface area contributed by atoms with E-state index in [-0.39, 0.29) is 5.41 Å². The maximum atomic E-state index is 2.50. The molecule has 1 heteroatoms. The molecule has 0 saturated heterocycles. The molecule has 1 heterocycles. The SMILES string of the molecule is CC(C)=C(C)c1ccc2c(ccc3c(C)c(C)n(-c4ccc5c(c4)C(C)(C)c4ccccc4-5)c32)c1C. The average molecular weight is 470 g/mol. The van der Waals surface area contributed by atoms with Crippen LogP contribution in [-0.4, -0.2) is 4.57 Å². The molecule has 0 N–H and O–H groups in total. The van der Waals surface area contributed by atoms with Crippen molar-refractivity contribution in [1.29, 1.82) is 0 Å². The Morgan fingerprint density at radius 1 is 0.667 bits per heavy atom. The summed E-state index contributed by atoms with van der Waals surface area (Å²) in [5, 5.41) is 4.01. The molecule has 0 radical (unpaired) electrons. The van der Waals surface area contributed by atoms with Gasteiger partial charge in [-0.2, -0.15) is 0 Å². The number of rotatable bonds is 2. The topological polar surface area (TPSA) is 4.93 Å². The van der Waals surface area contributed by atoms with Gasteiger partial charge in [0.1, 0.15) is 0 Å². The summed E-state index contributed by atoms with van der Waals surface area (Å²) in [6, 6.07) is 25.3. The molecular formula is C35H35N. The molecule has 1 nitrogen and oxygen atoms in total. The van der Waals surface area contributed by atoms with Gasteiger partial charge < -0.3 is 4.57 Å². The van der Waals surface area contributed by atoms with Crippen LogP contribution in [-0.2, 0) is 5.41 Å². The van der Waals surface area contributed by atoms with E-state index < -0.39 is 0 Å². The second-order valence-corrected chi connectivity index (χ2v) is 11.4. The number of hydrogen-bond acceptors (Lipinski definition) is 0. The monoisotopic (exact) mass is 469 g/mol. The Labute approximate surface area is 215 Å². The molecular weight excluding hydrogens is 434 g/mol. The second kappa shape index (κ2) is 7.71. The second-order valence-electron chi connectivity index (χ2n) is 11.4. The van der Waals surface area contributed by atoms with Crippen molar-refractivity contribution in [2.45, 2.75) is 60.8 Å². The molecule has 0 spiro atoms. The van der Waals surface area contributed by atoms with E-state index in [2.05, 4.69) is 127 Å². The molecule has 1 aliphatic rings. The first-order valence-corrected chi connectivity index (χ1v) is 13.1. The van der Waals surface area contributed by atoms with Gasteiger partial charge in [-0.05, 0) is 104 Å². The predicted octanol–water partition coefficient (Wildman–Crippen LogP) is 9.83. The van der Waals surface area contributed by atoms with Crippen LogP contribution in [0.3, 0.4) is 0 Å². The van der Waals surface area contributed by atoms with E-state index in [9.17, 15) is 0 Å². The van der Waals surface area contributed by atoms with Crippen molar-refractivity contribution in [1.82, 2.24) is 4.57 Å². The van der Waals surface area contributed by atoms with Gasteiger partial charge in [-0.3, -0.25) is 0 Å². The maximum absolute atomic E-state index is 2.50. The average Bonchev–Trinajstić information content (AvgIpc) is 3.26. The molecule has 0 unspecified atom stereocenters. The lowest BCUT2D eigenvalue weighted by Gasteiger charge is -2.22. The first-order valence-electron chi connectivity index (χ1n) is 13.1. The highest BCUT2D eigenvalue weighted by atomic mass is 15.0. The van der Waals surface area contributed by atoms with Crippen LogP contribution in [0.2, 0.25) is 0 Å². The zero-order valence-electron chi connectivity index (χ0n) is 22.8. The maximum Gasteiger partial charge on any atom is 0.0612 e. The van der Waals surface area contributed by atoms with Crippen molar-refractivity contribution in [3.05, 3.63) is 106 Å². The first-order chi connectivity index (χ1) is 17.1. The molecule has 5 aromatic rings. The normalized spacial score (nSPS) is 13.8. The smallest absolute Gasteiger partial charge is 0.0612 e. The highest BCUT2D eigenvalue weighted by molar-refractivity contribution is 6.10. The van der Waals surface area contributed by atoms with Gasteiger partial charge >= 0.3 is 0 Å². The molecule has 0 atom stereocenters. The van der Waals surface area contributed by atoms with Gasteiger partial charge in [-0.1, -0.05) is 74.0 Å². The number of aromatic nitrogens is 1. The molecule has 0 fully saturated rings. The number of allylic oxidation sites excluding steroid dienone is 2. The molecule has 180 valence electrons. The summed E-state index contributed by atoms with van der Waals surface area (Å²) in [7, 11) is 0.